The predicted molar refractivity (Wildman–Crippen MR) is 59.3 cm³/mol. The highest BCUT2D eigenvalue weighted by Crippen LogP contribution is 2.10. The van der Waals surface area contributed by atoms with Crippen molar-refractivity contribution in [2.75, 3.05) is 40.3 Å². The smallest absolute Gasteiger partial charge is 0.317 e. The molecule has 92 valence electrons. The highest BCUT2D eigenvalue weighted by Gasteiger charge is 2.26. The van der Waals surface area contributed by atoms with Gasteiger partial charge in [-0.15, -0.1) is 0 Å². The van der Waals surface area contributed by atoms with E-state index in [2.05, 4.69) is 5.32 Å². The van der Waals surface area contributed by atoms with E-state index in [1.807, 2.05) is 19.0 Å². The second kappa shape index (κ2) is 5.69. The third-order valence-electron chi connectivity index (χ3n) is 2.59. The average molecular weight is 229 g/mol. The normalized spacial score (nSPS) is 21.1. The van der Waals surface area contributed by atoms with Gasteiger partial charge >= 0.3 is 12.0 Å². The minimum Gasteiger partial charge on any atom is -0.481 e. The fourth-order valence-corrected chi connectivity index (χ4v) is 1.70. The van der Waals surface area contributed by atoms with E-state index in [0.717, 1.165) is 6.54 Å². The number of rotatable bonds is 5. The molecule has 0 aliphatic carbocycles. The highest BCUT2D eigenvalue weighted by atomic mass is 16.4. The van der Waals surface area contributed by atoms with Crippen LogP contribution in [0.5, 0.6) is 0 Å². The Bertz CT molecular complexity index is 268. The summed E-state index contributed by atoms with van der Waals surface area (Å²) in [5.41, 5.74) is 0. The summed E-state index contributed by atoms with van der Waals surface area (Å²) < 4.78 is 0. The van der Waals surface area contributed by atoms with Crippen molar-refractivity contribution in [3.8, 4) is 0 Å². The van der Waals surface area contributed by atoms with Crippen LogP contribution in [0.25, 0.3) is 0 Å². The van der Waals surface area contributed by atoms with Gasteiger partial charge in [-0.25, -0.2) is 4.79 Å². The van der Waals surface area contributed by atoms with Gasteiger partial charge in [-0.05, 0) is 14.1 Å². The summed E-state index contributed by atoms with van der Waals surface area (Å²) in [7, 11) is 3.88. The van der Waals surface area contributed by atoms with Gasteiger partial charge < -0.3 is 20.2 Å². The summed E-state index contributed by atoms with van der Waals surface area (Å²) in [5.74, 6) is -0.800. The molecule has 0 bridgehead atoms. The molecule has 2 N–H and O–H groups in total. The maximum atomic E-state index is 11.5. The molecule has 1 atom stereocenters. The van der Waals surface area contributed by atoms with Crippen molar-refractivity contribution < 1.29 is 14.7 Å². The number of aliphatic carboxylic acids is 1. The number of carbonyl (C=O) groups is 2. The number of nitrogens with one attached hydrogen (secondary N) is 1. The second-order valence-electron chi connectivity index (χ2n) is 4.40. The van der Waals surface area contributed by atoms with Gasteiger partial charge in [0.15, 0.2) is 0 Å². The first-order valence-corrected chi connectivity index (χ1v) is 5.38. The molecule has 1 fully saturated rings. The van der Waals surface area contributed by atoms with E-state index in [1.165, 1.54) is 0 Å². The van der Waals surface area contributed by atoms with Gasteiger partial charge in [0.2, 0.25) is 0 Å². The minimum atomic E-state index is -0.811. The SMILES string of the molecule is CN(C)CCN1CC(CC(=O)O)CNC1=O. The molecule has 6 nitrogen and oxygen atoms in total. The summed E-state index contributed by atoms with van der Waals surface area (Å²) in [4.78, 5) is 25.7. The van der Waals surface area contributed by atoms with E-state index in [-0.39, 0.29) is 18.4 Å². The van der Waals surface area contributed by atoms with Crippen molar-refractivity contribution in [1.29, 1.82) is 0 Å². The van der Waals surface area contributed by atoms with E-state index in [9.17, 15) is 9.59 Å². The number of nitrogens with zero attached hydrogens (tertiary/aromatic N) is 2. The van der Waals surface area contributed by atoms with Gasteiger partial charge in [0.1, 0.15) is 0 Å². The number of hydrogen-bond acceptors (Lipinski definition) is 3. The molecule has 1 aliphatic rings. The fraction of sp³-hybridized carbons (Fsp3) is 0.800. The van der Waals surface area contributed by atoms with Gasteiger partial charge in [0, 0.05) is 32.1 Å². The number of carboxylic acids is 1. The molecular formula is C10H19N3O3. The Balaban J connectivity index is 2.42. The van der Waals surface area contributed by atoms with Crippen LogP contribution in [0.15, 0.2) is 0 Å². The molecule has 1 unspecified atom stereocenters. The van der Waals surface area contributed by atoms with Crippen LogP contribution in [0.1, 0.15) is 6.42 Å². The van der Waals surface area contributed by atoms with Crippen molar-refractivity contribution >= 4 is 12.0 Å². The molecule has 0 aromatic rings. The molecule has 1 heterocycles. The average Bonchev–Trinajstić information content (AvgIpc) is 2.18. The molecule has 0 aromatic heterocycles. The van der Waals surface area contributed by atoms with Crippen LogP contribution in [0.3, 0.4) is 0 Å². The lowest BCUT2D eigenvalue weighted by Gasteiger charge is -2.33. The van der Waals surface area contributed by atoms with E-state index in [1.54, 1.807) is 4.90 Å². The van der Waals surface area contributed by atoms with Gasteiger partial charge in [-0.1, -0.05) is 0 Å². The zero-order valence-electron chi connectivity index (χ0n) is 9.77. The summed E-state index contributed by atoms with van der Waals surface area (Å²) in [6.07, 6.45) is 0.110. The van der Waals surface area contributed by atoms with Gasteiger partial charge in [0.05, 0.1) is 6.42 Å². The first-order valence-electron chi connectivity index (χ1n) is 5.38. The quantitative estimate of drug-likeness (QED) is 0.676. The van der Waals surface area contributed by atoms with E-state index in [0.29, 0.717) is 19.6 Å². The standard InChI is InChI=1S/C10H19N3O3/c1-12(2)3-4-13-7-8(5-9(14)15)6-11-10(13)16/h8H,3-7H2,1-2H3,(H,11,16)(H,14,15). The first-order chi connectivity index (χ1) is 7.49. The van der Waals surface area contributed by atoms with Crippen LogP contribution < -0.4 is 5.32 Å². The molecule has 0 saturated carbocycles. The van der Waals surface area contributed by atoms with Crippen LogP contribution in [0.4, 0.5) is 4.79 Å². The molecule has 16 heavy (non-hydrogen) atoms. The van der Waals surface area contributed by atoms with E-state index >= 15 is 0 Å². The van der Waals surface area contributed by atoms with Crippen molar-refractivity contribution in [2.45, 2.75) is 6.42 Å². The summed E-state index contributed by atoms with van der Waals surface area (Å²) in [6.45, 7) is 2.41. The van der Waals surface area contributed by atoms with Crippen molar-refractivity contribution in [3.63, 3.8) is 0 Å². The number of carboxylic acid groups (broad SMARTS) is 1. The monoisotopic (exact) mass is 229 g/mol. The molecule has 2 amide bonds. The first kappa shape index (κ1) is 12.8. The number of urea groups is 1. The zero-order valence-corrected chi connectivity index (χ0v) is 9.77. The molecule has 0 aromatic carbocycles. The molecule has 6 heteroatoms. The van der Waals surface area contributed by atoms with Crippen LogP contribution in [0.2, 0.25) is 0 Å². The summed E-state index contributed by atoms with van der Waals surface area (Å²) >= 11 is 0. The lowest BCUT2D eigenvalue weighted by molar-refractivity contribution is -0.138. The van der Waals surface area contributed by atoms with Gasteiger partial charge in [-0.3, -0.25) is 4.79 Å². The Hall–Kier alpha value is -1.30. The maximum Gasteiger partial charge on any atom is 0.317 e. The largest absolute Gasteiger partial charge is 0.481 e. The summed E-state index contributed by atoms with van der Waals surface area (Å²) in [6, 6.07) is -0.0940. The van der Waals surface area contributed by atoms with Crippen molar-refractivity contribution in [2.24, 2.45) is 5.92 Å². The molecule has 1 saturated heterocycles. The fourth-order valence-electron chi connectivity index (χ4n) is 1.70. The van der Waals surface area contributed by atoms with Crippen LogP contribution in [0, 0.1) is 5.92 Å². The Morgan fingerprint density at radius 1 is 1.62 bits per heavy atom. The topological polar surface area (TPSA) is 72.9 Å². The Morgan fingerprint density at radius 3 is 2.88 bits per heavy atom. The Labute approximate surface area is 95.2 Å². The lowest BCUT2D eigenvalue weighted by atomic mass is 10.0. The molecule has 1 aliphatic heterocycles. The second-order valence-corrected chi connectivity index (χ2v) is 4.40. The van der Waals surface area contributed by atoms with Crippen LogP contribution in [-0.2, 0) is 4.79 Å². The highest BCUT2D eigenvalue weighted by molar-refractivity contribution is 5.75. The zero-order chi connectivity index (χ0) is 12.1. The molecule has 1 rings (SSSR count). The number of likely N-dealkylation sites (N-methyl/N-ethyl adjacent to an activating group) is 1. The number of amides is 2. The third kappa shape index (κ3) is 4.06. The lowest BCUT2D eigenvalue weighted by Crippen LogP contribution is -2.52. The maximum absolute atomic E-state index is 11.5. The Kier molecular flexibility index (Phi) is 4.54. The molecule has 0 spiro atoms. The molecular weight excluding hydrogens is 210 g/mol. The Morgan fingerprint density at radius 2 is 2.31 bits per heavy atom. The number of carbonyl (C=O) groups excluding carboxylic acids is 1. The third-order valence-corrected chi connectivity index (χ3v) is 2.59. The van der Waals surface area contributed by atoms with Crippen LogP contribution in [-0.4, -0.2) is 67.2 Å². The summed E-state index contributed by atoms with van der Waals surface area (Å²) in [5, 5.41) is 11.4. The predicted octanol–water partition coefficient (Wildman–Crippen LogP) is -0.336. The van der Waals surface area contributed by atoms with Gasteiger partial charge in [-0.2, -0.15) is 0 Å². The van der Waals surface area contributed by atoms with Crippen molar-refractivity contribution in [1.82, 2.24) is 15.1 Å². The minimum absolute atomic E-state index is 0.0114. The van der Waals surface area contributed by atoms with E-state index in [4.69, 9.17) is 5.11 Å². The molecule has 0 radical (unpaired) electrons. The number of hydrogen-bond donors (Lipinski definition) is 2. The van der Waals surface area contributed by atoms with Crippen molar-refractivity contribution in [3.05, 3.63) is 0 Å². The van der Waals surface area contributed by atoms with E-state index < -0.39 is 5.97 Å². The van der Waals surface area contributed by atoms with Crippen LogP contribution >= 0.6 is 0 Å². The van der Waals surface area contributed by atoms with Gasteiger partial charge in [0.25, 0.3) is 0 Å².